The predicted octanol–water partition coefficient (Wildman–Crippen LogP) is 2.12. The highest BCUT2D eigenvalue weighted by atomic mass is 35.5. The molecule has 0 bridgehead atoms. The number of carbonyl (C=O) groups excluding carboxylic acids is 1. The molecule has 0 atom stereocenters. The normalized spacial score (nSPS) is 11.0. The van der Waals surface area contributed by atoms with Crippen molar-refractivity contribution >= 4 is 45.0 Å². The summed E-state index contributed by atoms with van der Waals surface area (Å²) in [5.41, 5.74) is 0.185. The molecular formula is C11H14Cl2N2O4S. The Labute approximate surface area is 127 Å². The Bertz CT molecular complexity index is 572. The van der Waals surface area contributed by atoms with Crippen LogP contribution in [0.2, 0.25) is 10.0 Å². The standard InChI is InChI=1S/C11H14Cl2N2O4S/c1-19-11(16)14-6-7-15(20(2,17)18)10-8(12)4-3-5-9(10)13/h3-5H,6-7H2,1-2H3,(H,14,16). The zero-order chi connectivity index (χ0) is 15.3. The van der Waals surface area contributed by atoms with E-state index < -0.39 is 16.1 Å². The molecule has 1 rings (SSSR count). The van der Waals surface area contributed by atoms with E-state index in [0.717, 1.165) is 10.6 Å². The number of hydrogen-bond donors (Lipinski definition) is 1. The van der Waals surface area contributed by atoms with Gasteiger partial charge < -0.3 is 10.1 Å². The monoisotopic (exact) mass is 340 g/mol. The lowest BCUT2D eigenvalue weighted by Crippen LogP contribution is -2.38. The van der Waals surface area contributed by atoms with Crippen LogP contribution in [0, 0.1) is 0 Å². The molecule has 0 saturated heterocycles. The molecule has 0 unspecified atom stereocenters. The van der Waals surface area contributed by atoms with E-state index in [1.165, 1.54) is 19.2 Å². The largest absolute Gasteiger partial charge is 0.453 e. The quantitative estimate of drug-likeness (QED) is 0.890. The van der Waals surface area contributed by atoms with Crippen LogP contribution in [0.3, 0.4) is 0 Å². The number of rotatable bonds is 5. The molecule has 0 aliphatic carbocycles. The molecule has 0 saturated carbocycles. The molecule has 0 radical (unpaired) electrons. The summed E-state index contributed by atoms with van der Waals surface area (Å²) >= 11 is 12.0. The van der Waals surface area contributed by atoms with Crippen molar-refractivity contribution in [3.05, 3.63) is 28.2 Å². The number of sulfonamides is 1. The molecule has 0 spiro atoms. The van der Waals surface area contributed by atoms with E-state index in [1.807, 2.05) is 0 Å². The number of hydrogen-bond acceptors (Lipinski definition) is 4. The maximum absolute atomic E-state index is 11.8. The number of para-hydroxylation sites is 1. The highest BCUT2D eigenvalue weighted by molar-refractivity contribution is 7.92. The summed E-state index contributed by atoms with van der Waals surface area (Å²) in [6, 6.07) is 4.69. The fourth-order valence-corrected chi connectivity index (χ4v) is 3.16. The third-order valence-electron chi connectivity index (χ3n) is 2.36. The number of halogens is 2. The third kappa shape index (κ3) is 4.43. The molecular weight excluding hydrogens is 327 g/mol. The minimum atomic E-state index is -3.60. The van der Waals surface area contributed by atoms with E-state index in [-0.39, 0.29) is 28.8 Å². The average molecular weight is 341 g/mol. The Kier molecular flexibility index (Phi) is 5.91. The van der Waals surface area contributed by atoms with Crippen molar-refractivity contribution in [2.24, 2.45) is 0 Å². The summed E-state index contributed by atoms with van der Waals surface area (Å²) in [6.07, 6.45) is 0.383. The average Bonchev–Trinajstić information content (AvgIpc) is 2.35. The maximum atomic E-state index is 11.8. The smallest absolute Gasteiger partial charge is 0.406 e. The van der Waals surface area contributed by atoms with Gasteiger partial charge in [-0.1, -0.05) is 29.3 Å². The number of methoxy groups -OCH3 is 1. The third-order valence-corrected chi connectivity index (χ3v) is 4.13. The predicted molar refractivity (Wildman–Crippen MR) is 79.1 cm³/mol. The van der Waals surface area contributed by atoms with E-state index in [0.29, 0.717) is 0 Å². The van der Waals surface area contributed by atoms with Gasteiger partial charge in [0.1, 0.15) is 0 Å². The fraction of sp³-hybridized carbons (Fsp3) is 0.364. The van der Waals surface area contributed by atoms with Crippen LogP contribution >= 0.6 is 23.2 Å². The fourth-order valence-electron chi connectivity index (χ4n) is 1.50. The molecule has 0 heterocycles. The van der Waals surface area contributed by atoms with Crippen LogP contribution in [0.5, 0.6) is 0 Å². The topological polar surface area (TPSA) is 75.7 Å². The van der Waals surface area contributed by atoms with Gasteiger partial charge in [0.15, 0.2) is 0 Å². The highest BCUT2D eigenvalue weighted by Gasteiger charge is 2.22. The first kappa shape index (κ1) is 16.9. The van der Waals surface area contributed by atoms with Crippen molar-refractivity contribution in [1.82, 2.24) is 5.32 Å². The Hall–Kier alpha value is -1.18. The van der Waals surface area contributed by atoms with Crippen LogP contribution in [-0.4, -0.2) is 41.0 Å². The van der Waals surface area contributed by atoms with Gasteiger partial charge in [0.2, 0.25) is 10.0 Å². The molecule has 0 aliphatic heterocycles. The molecule has 6 nitrogen and oxygen atoms in total. The van der Waals surface area contributed by atoms with Crippen LogP contribution in [0.4, 0.5) is 10.5 Å². The molecule has 1 amide bonds. The molecule has 1 aromatic rings. The molecule has 1 aromatic carbocycles. The zero-order valence-corrected chi connectivity index (χ0v) is 13.2. The van der Waals surface area contributed by atoms with Gasteiger partial charge in [0, 0.05) is 6.54 Å². The number of ether oxygens (including phenoxy) is 1. The maximum Gasteiger partial charge on any atom is 0.406 e. The van der Waals surface area contributed by atoms with Gasteiger partial charge in [-0.15, -0.1) is 0 Å². The van der Waals surface area contributed by atoms with Crippen molar-refractivity contribution in [1.29, 1.82) is 0 Å². The Balaban J connectivity index is 3.00. The number of anilines is 1. The van der Waals surface area contributed by atoms with Gasteiger partial charge in [-0.3, -0.25) is 4.31 Å². The van der Waals surface area contributed by atoms with Gasteiger partial charge in [0.05, 0.1) is 35.6 Å². The Morgan fingerprint density at radius 2 is 1.90 bits per heavy atom. The first-order valence-corrected chi connectivity index (χ1v) is 8.11. The van der Waals surface area contributed by atoms with Crippen LogP contribution in [0.1, 0.15) is 0 Å². The minimum Gasteiger partial charge on any atom is -0.453 e. The molecule has 1 N–H and O–H groups in total. The lowest BCUT2D eigenvalue weighted by atomic mass is 10.3. The van der Waals surface area contributed by atoms with Crippen molar-refractivity contribution in [2.45, 2.75) is 0 Å². The molecule has 112 valence electrons. The van der Waals surface area contributed by atoms with Crippen LogP contribution < -0.4 is 9.62 Å². The lowest BCUT2D eigenvalue weighted by molar-refractivity contribution is 0.171. The highest BCUT2D eigenvalue weighted by Crippen LogP contribution is 2.34. The number of alkyl carbamates (subject to hydrolysis) is 1. The van der Waals surface area contributed by atoms with Gasteiger partial charge >= 0.3 is 6.09 Å². The van der Waals surface area contributed by atoms with Crippen molar-refractivity contribution in [3.8, 4) is 0 Å². The van der Waals surface area contributed by atoms with E-state index >= 15 is 0 Å². The van der Waals surface area contributed by atoms with E-state index in [2.05, 4.69) is 10.1 Å². The van der Waals surface area contributed by atoms with Gasteiger partial charge in [-0.2, -0.15) is 0 Å². The van der Waals surface area contributed by atoms with Gasteiger partial charge in [-0.25, -0.2) is 13.2 Å². The SMILES string of the molecule is COC(=O)NCCN(c1c(Cl)cccc1Cl)S(C)(=O)=O. The van der Waals surface area contributed by atoms with Crippen LogP contribution in [0.15, 0.2) is 18.2 Å². The van der Waals surface area contributed by atoms with E-state index in [9.17, 15) is 13.2 Å². The number of carbonyl (C=O) groups is 1. The summed E-state index contributed by atoms with van der Waals surface area (Å²) in [6.45, 7) is 0.0404. The first-order chi connectivity index (χ1) is 9.27. The van der Waals surface area contributed by atoms with E-state index in [4.69, 9.17) is 23.2 Å². The summed E-state index contributed by atoms with van der Waals surface area (Å²) in [5.74, 6) is 0. The molecule has 0 fully saturated rings. The second kappa shape index (κ2) is 7.01. The van der Waals surface area contributed by atoms with Gasteiger partial charge in [-0.05, 0) is 12.1 Å². The molecule has 0 aliphatic rings. The van der Waals surface area contributed by atoms with Crippen LogP contribution in [0.25, 0.3) is 0 Å². The second-order valence-corrected chi connectivity index (χ2v) is 6.54. The Morgan fingerprint density at radius 1 is 1.35 bits per heavy atom. The number of nitrogens with zero attached hydrogens (tertiary/aromatic N) is 1. The van der Waals surface area contributed by atoms with Crippen LogP contribution in [-0.2, 0) is 14.8 Å². The molecule has 20 heavy (non-hydrogen) atoms. The summed E-state index contributed by atoms with van der Waals surface area (Å²) in [4.78, 5) is 11.0. The van der Waals surface area contributed by atoms with Crippen molar-refractivity contribution in [2.75, 3.05) is 30.8 Å². The van der Waals surface area contributed by atoms with Crippen molar-refractivity contribution in [3.63, 3.8) is 0 Å². The number of amides is 1. The minimum absolute atomic E-state index is 0.0165. The zero-order valence-electron chi connectivity index (χ0n) is 10.9. The molecule has 9 heteroatoms. The number of nitrogens with one attached hydrogen (secondary N) is 1. The second-order valence-electron chi connectivity index (χ2n) is 3.82. The van der Waals surface area contributed by atoms with Crippen molar-refractivity contribution < 1.29 is 17.9 Å². The lowest BCUT2D eigenvalue weighted by Gasteiger charge is -2.24. The number of benzene rings is 1. The van der Waals surface area contributed by atoms with Gasteiger partial charge in [0.25, 0.3) is 0 Å². The summed E-state index contributed by atoms with van der Waals surface area (Å²) in [5, 5.41) is 2.81. The molecule has 0 aromatic heterocycles. The van der Waals surface area contributed by atoms with E-state index in [1.54, 1.807) is 6.07 Å². The first-order valence-electron chi connectivity index (χ1n) is 5.51. The summed E-state index contributed by atoms with van der Waals surface area (Å²) in [7, 11) is -2.38. The summed E-state index contributed by atoms with van der Waals surface area (Å²) < 4.78 is 29.1. The Morgan fingerprint density at radius 3 is 2.35 bits per heavy atom.